The summed E-state index contributed by atoms with van der Waals surface area (Å²) >= 11 is 1.90. The third-order valence-corrected chi connectivity index (χ3v) is 3.78. The normalized spacial score (nSPS) is 15.8. The van der Waals surface area contributed by atoms with E-state index < -0.39 is 0 Å². The van der Waals surface area contributed by atoms with E-state index in [0.29, 0.717) is 5.56 Å². The molecule has 4 nitrogen and oxygen atoms in total. The van der Waals surface area contributed by atoms with Gasteiger partial charge >= 0.3 is 0 Å². The number of hydrogen-bond donors (Lipinski definition) is 1. The molecular formula is C12H17N3OS. The molecule has 1 aliphatic rings. The Hall–Kier alpha value is -1.23. The lowest BCUT2D eigenvalue weighted by molar-refractivity contribution is 0.0773. The van der Waals surface area contributed by atoms with Crippen LogP contribution in [0.2, 0.25) is 0 Å². The molecule has 0 aromatic carbocycles. The van der Waals surface area contributed by atoms with E-state index in [-0.39, 0.29) is 5.91 Å². The second kappa shape index (κ2) is 5.40. The van der Waals surface area contributed by atoms with Crippen molar-refractivity contribution in [2.45, 2.75) is 6.92 Å². The van der Waals surface area contributed by atoms with Gasteiger partial charge in [0, 0.05) is 43.5 Å². The zero-order chi connectivity index (χ0) is 12.3. The van der Waals surface area contributed by atoms with Gasteiger partial charge in [-0.15, -0.1) is 0 Å². The maximum atomic E-state index is 12.3. The van der Waals surface area contributed by atoms with Crippen LogP contribution in [-0.4, -0.2) is 47.4 Å². The summed E-state index contributed by atoms with van der Waals surface area (Å²) < 4.78 is 0. The number of carbonyl (C=O) groups is 1. The number of hydrogen-bond acceptors (Lipinski definition) is 4. The van der Waals surface area contributed by atoms with Crippen molar-refractivity contribution in [3.63, 3.8) is 0 Å². The fourth-order valence-corrected chi connectivity index (χ4v) is 2.78. The SMILES string of the molecule is CNc1cc(C)ncc1C(=O)N1CCSCC1. The summed E-state index contributed by atoms with van der Waals surface area (Å²) in [5, 5.41) is 3.06. The van der Waals surface area contributed by atoms with Crippen molar-refractivity contribution in [2.24, 2.45) is 0 Å². The van der Waals surface area contributed by atoms with Gasteiger partial charge < -0.3 is 10.2 Å². The Morgan fingerprint density at radius 1 is 1.47 bits per heavy atom. The van der Waals surface area contributed by atoms with Gasteiger partial charge in [0.15, 0.2) is 0 Å². The van der Waals surface area contributed by atoms with E-state index >= 15 is 0 Å². The molecule has 0 spiro atoms. The molecule has 17 heavy (non-hydrogen) atoms. The lowest BCUT2D eigenvalue weighted by Crippen LogP contribution is -2.38. The Kier molecular flexibility index (Phi) is 3.89. The molecular weight excluding hydrogens is 234 g/mol. The molecule has 0 saturated carbocycles. The number of amides is 1. The van der Waals surface area contributed by atoms with Crippen molar-refractivity contribution in [2.75, 3.05) is 37.0 Å². The van der Waals surface area contributed by atoms with E-state index in [9.17, 15) is 4.79 Å². The van der Waals surface area contributed by atoms with Crippen LogP contribution < -0.4 is 5.32 Å². The summed E-state index contributed by atoms with van der Waals surface area (Å²) in [4.78, 5) is 18.4. The van der Waals surface area contributed by atoms with Crippen molar-refractivity contribution in [1.82, 2.24) is 9.88 Å². The highest BCUT2D eigenvalue weighted by Gasteiger charge is 2.20. The molecule has 1 amide bonds. The van der Waals surface area contributed by atoms with Crippen LogP contribution in [0.25, 0.3) is 0 Å². The average molecular weight is 251 g/mol. The largest absolute Gasteiger partial charge is 0.387 e. The van der Waals surface area contributed by atoms with Gasteiger partial charge in [0.05, 0.1) is 11.3 Å². The van der Waals surface area contributed by atoms with Crippen molar-refractivity contribution < 1.29 is 4.79 Å². The van der Waals surface area contributed by atoms with Gasteiger partial charge in [-0.2, -0.15) is 11.8 Å². The summed E-state index contributed by atoms with van der Waals surface area (Å²) in [5.41, 5.74) is 2.45. The van der Waals surface area contributed by atoms with E-state index in [0.717, 1.165) is 36.0 Å². The molecule has 0 atom stereocenters. The predicted molar refractivity (Wildman–Crippen MR) is 71.7 cm³/mol. The molecule has 1 aliphatic heterocycles. The number of aryl methyl sites for hydroxylation is 1. The maximum Gasteiger partial charge on any atom is 0.257 e. The highest BCUT2D eigenvalue weighted by molar-refractivity contribution is 7.99. The summed E-state index contributed by atoms with van der Waals surface area (Å²) in [6, 6.07) is 1.91. The molecule has 2 rings (SSSR count). The van der Waals surface area contributed by atoms with Gasteiger partial charge in [0.2, 0.25) is 0 Å². The van der Waals surface area contributed by atoms with Gasteiger partial charge in [0.1, 0.15) is 0 Å². The van der Waals surface area contributed by atoms with E-state index in [4.69, 9.17) is 0 Å². The number of aromatic nitrogens is 1. The zero-order valence-electron chi connectivity index (χ0n) is 10.2. The van der Waals surface area contributed by atoms with Crippen molar-refractivity contribution in [3.8, 4) is 0 Å². The van der Waals surface area contributed by atoms with Gasteiger partial charge in [-0.1, -0.05) is 0 Å². The summed E-state index contributed by atoms with van der Waals surface area (Å²) in [6.07, 6.45) is 1.67. The number of rotatable bonds is 2. The smallest absolute Gasteiger partial charge is 0.257 e. The molecule has 0 radical (unpaired) electrons. The van der Waals surface area contributed by atoms with E-state index in [1.54, 1.807) is 6.20 Å². The average Bonchev–Trinajstić information content (AvgIpc) is 2.39. The topological polar surface area (TPSA) is 45.2 Å². The van der Waals surface area contributed by atoms with Crippen molar-refractivity contribution >= 4 is 23.4 Å². The fraction of sp³-hybridized carbons (Fsp3) is 0.500. The van der Waals surface area contributed by atoms with Gasteiger partial charge in [-0.25, -0.2) is 0 Å². The highest BCUT2D eigenvalue weighted by Crippen LogP contribution is 2.19. The lowest BCUT2D eigenvalue weighted by Gasteiger charge is -2.27. The van der Waals surface area contributed by atoms with Crippen LogP contribution in [0.15, 0.2) is 12.3 Å². The molecule has 92 valence electrons. The van der Waals surface area contributed by atoms with E-state index in [1.807, 2.05) is 36.7 Å². The predicted octanol–water partition coefficient (Wildman–Crippen LogP) is 1.62. The number of pyridine rings is 1. The van der Waals surface area contributed by atoms with Crippen LogP contribution in [0, 0.1) is 6.92 Å². The minimum Gasteiger partial charge on any atom is -0.387 e. The number of thioether (sulfide) groups is 1. The second-order valence-corrected chi connectivity index (χ2v) is 5.25. The van der Waals surface area contributed by atoms with Gasteiger partial charge in [-0.3, -0.25) is 9.78 Å². The van der Waals surface area contributed by atoms with Gasteiger partial charge in [0.25, 0.3) is 5.91 Å². The van der Waals surface area contributed by atoms with Gasteiger partial charge in [-0.05, 0) is 13.0 Å². The number of nitrogens with one attached hydrogen (secondary N) is 1. The molecule has 1 saturated heterocycles. The molecule has 5 heteroatoms. The molecule has 1 N–H and O–H groups in total. The third-order valence-electron chi connectivity index (χ3n) is 2.84. The minimum atomic E-state index is 0.0853. The maximum absolute atomic E-state index is 12.3. The Morgan fingerprint density at radius 3 is 2.82 bits per heavy atom. The van der Waals surface area contributed by atoms with Crippen LogP contribution in [0.1, 0.15) is 16.1 Å². The zero-order valence-corrected chi connectivity index (χ0v) is 11.0. The summed E-state index contributed by atoms with van der Waals surface area (Å²) in [7, 11) is 1.83. The fourth-order valence-electron chi connectivity index (χ4n) is 1.87. The Morgan fingerprint density at radius 2 is 2.18 bits per heavy atom. The first-order chi connectivity index (χ1) is 8.22. The van der Waals surface area contributed by atoms with Crippen LogP contribution >= 0.6 is 11.8 Å². The third kappa shape index (κ3) is 2.72. The number of carbonyl (C=O) groups excluding carboxylic acids is 1. The monoisotopic (exact) mass is 251 g/mol. The molecule has 0 bridgehead atoms. The minimum absolute atomic E-state index is 0.0853. The molecule has 1 aromatic heterocycles. The lowest BCUT2D eigenvalue weighted by atomic mass is 10.2. The molecule has 0 aliphatic carbocycles. The highest BCUT2D eigenvalue weighted by atomic mass is 32.2. The second-order valence-electron chi connectivity index (χ2n) is 4.03. The Balaban J connectivity index is 2.23. The summed E-state index contributed by atoms with van der Waals surface area (Å²) in [6.45, 7) is 3.59. The van der Waals surface area contributed by atoms with Crippen LogP contribution in [0.3, 0.4) is 0 Å². The quantitative estimate of drug-likeness (QED) is 0.867. The van der Waals surface area contributed by atoms with Crippen LogP contribution in [-0.2, 0) is 0 Å². The first-order valence-corrected chi connectivity index (χ1v) is 6.89. The number of anilines is 1. The van der Waals surface area contributed by atoms with Crippen molar-refractivity contribution in [3.05, 3.63) is 23.5 Å². The molecule has 0 unspecified atom stereocenters. The Bertz CT molecular complexity index is 416. The van der Waals surface area contributed by atoms with E-state index in [1.165, 1.54) is 0 Å². The molecule has 2 heterocycles. The molecule has 1 aromatic rings. The Labute approximate surface area is 106 Å². The molecule has 1 fully saturated rings. The van der Waals surface area contributed by atoms with Crippen LogP contribution in [0.4, 0.5) is 5.69 Å². The first-order valence-electron chi connectivity index (χ1n) is 5.74. The summed E-state index contributed by atoms with van der Waals surface area (Å²) in [5.74, 6) is 2.14. The standard InChI is InChI=1S/C12H17N3OS/c1-9-7-11(13-2)10(8-14-9)12(16)15-3-5-17-6-4-15/h7-8H,3-6H2,1-2H3,(H,13,14). The van der Waals surface area contributed by atoms with Crippen LogP contribution in [0.5, 0.6) is 0 Å². The first kappa shape index (κ1) is 12.2. The van der Waals surface area contributed by atoms with Crippen molar-refractivity contribution in [1.29, 1.82) is 0 Å². The van der Waals surface area contributed by atoms with E-state index in [2.05, 4.69) is 10.3 Å². The number of nitrogens with zero attached hydrogens (tertiary/aromatic N) is 2.